The van der Waals surface area contributed by atoms with Gasteiger partial charge in [0.2, 0.25) is 0 Å². The van der Waals surface area contributed by atoms with Crippen LogP contribution in [0.15, 0.2) is 30.6 Å². The highest BCUT2D eigenvalue weighted by molar-refractivity contribution is 7.17. The van der Waals surface area contributed by atoms with Crippen LogP contribution in [-0.2, 0) is 0 Å². The standard InChI is InChI=1S/C16H15N5O3S/c22-15(19-7-3-1-4-8-19)14-18-13(16(25-14)21(23)24)11-10-17-20-9-5-2-6-12(11)20/h2,5-6,9-10H,1,3-4,7-8H2. The third-order valence-electron chi connectivity index (χ3n) is 4.28. The third-order valence-corrected chi connectivity index (χ3v) is 5.28. The fourth-order valence-electron chi connectivity index (χ4n) is 3.05. The number of thiazole rings is 1. The summed E-state index contributed by atoms with van der Waals surface area (Å²) < 4.78 is 1.63. The number of amides is 1. The Labute approximate surface area is 146 Å². The van der Waals surface area contributed by atoms with Crippen molar-refractivity contribution in [2.24, 2.45) is 0 Å². The first-order chi connectivity index (χ1) is 12.1. The summed E-state index contributed by atoms with van der Waals surface area (Å²) in [4.78, 5) is 29.7. The van der Waals surface area contributed by atoms with Crippen molar-refractivity contribution in [3.05, 3.63) is 45.7 Å². The quantitative estimate of drug-likeness (QED) is 0.530. The molecule has 0 unspecified atom stereocenters. The maximum absolute atomic E-state index is 12.7. The van der Waals surface area contributed by atoms with Crippen LogP contribution in [0.4, 0.5) is 5.00 Å². The van der Waals surface area contributed by atoms with Gasteiger partial charge in [-0.25, -0.2) is 9.50 Å². The van der Waals surface area contributed by atoms with Crippen LogP contribution >= 0.6 is 11.3 Å². The summed E-state index contributed by atoms with van der Waals surface area (Å²) in [5.41, 5.74) is 1.48. The maximum Gasteiger partial charge on any atom is 0.352 e. The Morgan fingerprint density at radius 1 is 1.24 bits per heavy atom. The Hall–Kier alpha value is -2.81. The van der Waals surface area contributed by atoms with Gasteiger partial charge in [0.1, 0.15) is 0 Å². The fraction of sp³-hybridized carbons (Fsp3) is 0.312. The first-order valence-electron chi connectivity index (χ1n) is 8.02. The van der Waals surface area contributed by atoms with E-state index < -0.39 is 4.92 Å². The monoisotopic (exact) mass is 357 g/mol. The van der Waals surface area contributed by atoms with E-state index in [-0.39, 0.29) is 21.6 Å². The molecule has 0 bridgehead atoms. The SMILES string of the molecule is O=C(c1nc(-c2cnn3ccccc23)c([N+](=O)[O-])s1)N1CCCCC1. The number of hydrogen-bond acceptors (Lipinski definition) is 6. The van der Waals surface area contributed by atoms with Gasteiger partial charge in [0.15, 0.2) is 10.7 Å². The van der Waals surface area contributed by atoms with Gasteiger partial charge in [-0.05, 0) is 42.7 Å². The van der Waals surface area contributed by atoms with Crippen molar-refractivity contribution in [3.8, 4) is 11.3 Å². The summed E-state index contributed by atoms with van der Waals surface area (Å²) in [6.45, 7) is 1.36. The van der Waals surface area contributed by atoms with Gasteiger partial charge in [0, 0.05) is 19.3 Å². The van der Waals surface area contributed by atoms with Gasteiger partial charge in [-0.15, -0.1) is 0 Å². The van der Waals surface area contributed by atoms with Gasteiger partial charge >= 0.3 is 5.00 Å². The number of hydrogen-bond donors (Lipinski definition) is 0. The first kappa shape index (κ1) is 15.7. The predicted octanol–water partition coefficient (Wildman–Crippen LogP) is 2.99. The smallest absolute Gasteiger partial charge is 0.337 e. The molecule has 3 aromatic heterocycles. The number of likely N-dealkylation sites (tertiary alicyclic amines) is 1. The number of carbonyl (C=O) groups excluding carboxylic acids is 1. The lowest BCUT2D eigenvalue weighted by atomic mass is 10.1. The van der Waals surface area contributed by atoms with Crippen molar-refractivity contribution >= 4 is 27.8 Å². The molecular formula is C16H15N5O3S. The molecule has 25 heavy (non-hydrogen) atoms. The summed E-state index contributed by atoms with van der Waals surface area (Å²) >= 11 is 0.838. The van der Waals surface area contributed by atoms with E-state index in [1.807, 2.05) is 18.2 Å². The number of pyridine rings is 1. The molecule has 0 radical (unpaired) electrons. The van der Waals surface area contributed by atoms with E-state index in [0.717, 1.165) is 30.6 Å². The van der Waals surface area contributed by atoms with Crippen LogP contribution in [0.1, 0.15) is 29.1 Å². The minimum atomic E-state index is -0.480. The van der Waals surface area contributed by atoms with Gasteiger partial charge < -0.3 is 4.90 Å². The van der Waals surface area contributed by atoms with Crippen molar-refractivity contribution in [1.29, 1.82) is 0 Å². The first-order valence-corrected chi connectivity index (χ1v) is 8.84. The van der Waals surface area contributed by atoms with Crippen molar-refractivity contribution in [2.75, 3.05) is 13.1 Å². The molecule has 4 rings (SSSR count). The maximum atomic E-state index is 12.7. The Morgan fingerprint density at radius 2 is 2.04 bits per heavy atom. The molecule has 0 N–H and O–H groups in total. The Kier molecular flexibility index (Phi) is 3.92. The van der Waals surface area contributed by atoms with Crippen molar-refractivity contribution in [1.82, 2.24) is 19.5 Å². The molecule has 4 heterocycles. The summed E-state index contributed by atoms with van der Waals surface area (Å²) in [7, 11) is 0. The fourth-order valence-corrected chi connectivity index (χ4v) is 3.92. The highest BCUT2D eigenvalue weighted by Gasteiger charge is 2.30. The molecule has 128 valence electrons. The molecule has 0 spiro atoms. The zero-order chi connectivity index (χ0) is 17.4. The van der Waals surface area contributed by atoms with E-state index in [1.54, 1.807) is 21.8 Å². The Balaban J connectivity index is 1.78. The van der Waals surface area contributed by atoms with Gasteiger partial charge in [0.05, 0.1) is 22.2 Å². The molecule has 9 heteroatoms. The molecule has 1 fully saturated rings. The van der Waals surface area contributed by atoms with Crippen LogP contribution in [0.3, 0.4) is 0 Å². The predicted molar refractivity (Wildman–Crippen MR) is 92.7 cm³/mol. The van der Waals surface area contributed by atoms with Crippen LogP contribution < -0.4 is 0 Å². The molecule has 0 saturated carbocycles. The summed E-state index contributed by atoms with van der Waals surface area (Å²) in [5.74, 6) is -0.226. The number of rotatable bonds is 3. The lowest BCUT2D eigenvalue weighted by molar-refractivity contribution is -0.379. The van der Waals surface area contributed by atoms with Gasteiger partial charge in [0.25, 0.3) is 5.91 Å². The third kappa shape index (κ3) is 2.76. The second-order valence-corrected chi connectivity index (χ2v) is 6.85. The minimum Gasteiger partial charge on any atom is -0.337 e. The molecule has 3 aromatic rings. The number of piperidine rings is 1. The van der Waals surface area contributed by atoms with Gasteiger partial charge in [-0.3, -0.25) is 14.9 Å². The number of fused-ring (bicyclic) bond motifs is 1. The van der Waals surface area contributed by atoms with E-state index in [1.165, 1.54) is 0 Å². The van der Waals surface area contributed by atoms with E-state index in [0.29, 0.717) is 24.2 Å². The molecule has 0 aromatic carbocycles. The molecule has 0 atom stereocenters. The lowest BCUT2D eigenvalue weighted by Crippen LogP contribution is -2.35. The van der Waals surface area contributed by atoms with E-state index in [2.05, 4.69) is 10.1 Å². The average molecular weight is 357 g/mol. The van der Waals surface area contributed by atoms with Crippen molar-refractivity contribution in [3.63, 3.8) is 0 Å². The molecular weight excluding hydrogens is 342 g/mol. The van der Waals surface area contributed by atoms with Crippen LogP contribution in [0.5, 0.6) is 0 Å². The Morgan fingerprint density at radius 3 is 2.80 bits per heavy atom. The Bertz CT molecular complexity index is 958. The summed E-state index contributed by atoms with van der Waals surface area (Å²) in [5, 5.41) is 15.7. The highest BCUT2D eigenvalue weighted by Crippen LogP contribution is 2.37. The number of carbonyl (C=O) groups is 1. The molecule has 1 aliphatic heterocycles. The average Bonchev–Trinajstić information content (AvgIpc) is 3.26. The van der Waals surface area contributed by atoms with E-state index in [9.17, 15) is 14.9 Å². The second kappa shape index (κ2) is 6.25. The van der Waals surface area contributed by atoms with Gasteiger partial charge in [-0.2, -0.15) is 5.10 Å². The highest BCUT2D eigenvalue weighted by atomic mass is 32.1. The van der Waals surface area contributed by atoms with Crippen molar-refractivity contribution < 1.29 is 9.72 Å². The van der Waals surface area contributed by atoms with Crippen LogP contribution in [0, 0.1) is 10.1 Å². The largest absolute Gasteiger partial charge is 0.352 e. The molecule has 8 nitrogen and oxygen atoms in total. The molecule has 1 saturated heterocycles. The normalized spacial score (nSPS) is 14.8. The van der Waals surface area contributed by atoms with E-state index in [4.69, 9.17) is 0 Å². The van der Waals surface area contributed by atoms with Gasteiger partial charge in [-0.1, -0.05) is 6.07 Å². The van der Waals surface area contributed by atoms with Crippen LogP contribution in [-0.4, -0.2) is 43.4 Å². The van der Waals surface area contributed by atoms with E-state index >= 15 is 0 Å². The van der Waals surface area contributed by atoms with Crippen LogP contribution in [0.25, 0.3) is 16.8 Å². The summed E-state index contributed by atoms with van der Waals surface area (Å²) in [6.07, 6.45) is 6.33. The number of nitrogens with zero attached hydrogens (tertiary/aromatic N) is 5. The van der Waals surface area contributed by atoms with Crippen LogP contribution in [0.2, 0.25) is 0 Å². The zero-order valence-corrected chi connectivity index (χ0v) is 14.1. The lowest BCUT2D eigenvalue weighted by Gasteiger charge is -2.25. The molecule has 1 amide bonds. The summed E-state index contributed by atoms with van der Waals surface area (Å²) in [6, 6.07) is 5.47. The minimum absolute atomic E-state index is 0.126. The number of aromatic nitrogens is 3. The topological polar surface area (TPSA) is 93.6 Å². The zero-order valence-electron chi connectivity index (χ0n) is 13.3. The molecule has 0 aliphatic carbocycles. The molecule has 1 aliphatic rings. The number of nitro groups is 1. The second-order valence-electron chi connectivity index (χ2n) is 5.87. The van der Waals surface area contributed by atoms with Crippen molar-refractivity contribution in [2.45, 2.75) is 19.3 Å².